The molecule has 0 radical (unpaired) electrons. The van der Waals surface area contributed by atoms with E-state index < -0.39 is 0 Å². The summed E-state index contributed by atoms with van der Waals surface area (Å²) in [5.41, 5.74) is 2.56. The minimum Gasteiger partial charge on any atom is -0.368 e. The fourth-order valence-corrected chi connectivity index (χ4v) is 4.21. The third-order valence-corrected chi connectivity index (χ3v) is 6.01. The van der Waals surface area contributed by atoms with Crippen LogP contribution in [-0.4, -0.2) is 37.2 Å². The molecule has 0 spiro atoms. The fourth-order valence-electron chi connectivity index (χ4n) is 4.21. The number of nitrogens with one attached hydrogen (secondary N) is 2. The van der Waals surface area contributed by atoms with Crippen molar-refractivity contribution in [1.82, 2.24) is 24.6 Å². The second-order valence-corrected chi connectivity index (χ2v) is 7.83. The summed E-state index contributed by atoms with van der Waals surface area (Å²) in [5.74, 6) is 3.06. The fraction of sp³-hybridized carbons (Fsp3) is 0.421. The lowest BCUT2D eigenvalue weighted by Gasteiger charge is -2.51. The van der Waals surface area contributed by atoms with Gasteiger partial charge in [-0.15, -0.1) is 10.2 Å². The van der Waals surface area contributed by atoms with Gasteiger partial charge in [0.05, 0.1) is 17.5 Å². The molecule has 0 unspecified atom stereocenters. The van der Waals surface area contributed by atoms with Crippen LogP contribution < -0.4 is 10.6 Å². The zero-order valence-electron chi connectivity index (χ0n) is 15.3. The molecule has 8 heteroatoms. The minimum atomic E-state index is 0.000724. The van der Waals surface area contributed by atoms with Gasteiger partial charge < -0.3 is 10.6 Å². The quantitative estimate of drug-likeness (QED) is 0.739. The second-order valence-electron chi connectivity index (χ2n) is 7.83. The maximum absolute atomic E-state index is 8.91. The van der Waals surface area contributed by atoms with E-state index in [9.17, 15) is 0 Å². The molecule has 5 rings (SSSR count). The molecular weight excluding hydrogens is 340 g/mol. The van der Waals surface area contributed by atoms with Crippen molar-refractivity contribution in [3.63, 3.8) is 0 Å². The number of anilines is 2. The summed E-state index contributed by atoms with van der Waals surface area (Å²) in [7, 11) is 0. The van der Waals surface area contributed by atoms with E-state index in [1.807, 2.05) is 6.07 Å². The summed E-state index contributed by atoms with van der Waals surface area (Å²) in [6, 6.07) is 6.02. The molecule has 0 amide bonds. The van der Waals surface area contributed by atoms with Crippen LogP contribution in [0.1, 0.15) is 43.3 Å². The molecular formula is C19H20N8. The van der Waals surface area contributed by atoms with Gasteiger partial charge in [-0.1, -0.05) is 13.8 Å². The van der Waals surface area contributed by atoms with E-state index in [-0.39, 0.29) is 11.5 Å². The Hall–Kier alpha value is -3.21. The highest BCUT2D eigenvalue weighted by molar-refractivity contribution is 5.53. The molecule has 0 aromatic carbocycles. The highest BCUT2D eigenvalue weighted by atomic mass is 15.3. The van der Waals surface area contributed by atoms with Gasteiger partial charge >= 0.3 is 0 Å². The molecule has 2 N–H and O–H groups in total. The first-order valence-corrected chi connectivity index (χ1v) is 9.17. The number of rotatable bonds is 3. The number of aromatic nitrogens is 5. The molecule has 8 nitrogen and oxygen atoms in total. The van der Waals surface area contributed by atoms with E-state index in [1.54, 1.807) is 18.5 Å². The zero-order valence-corrected chi connectivity index (χ0v) is 15.3. The Morgan fingerprint density at radius 1 is 1.26 bits per heavy atom. The van der Waals surface area contributed by atoms with Gasteiger partial charge in [0.2, 0.25) is 0 Å². The molecule has 2 aliphatic rings. The minimum absolute atomic E-state index is 0.000724. The second kappa shape index (κ2) is 5.64. The van der Waals surface area contributed by atoms with Crippen molar-refractivity contribution in [3.05, 3.63) is 41.6 Å². The number of hydrogen-bond acceptors (Lipinski definition) is 7. The van der Waals surface area contributed by atoms with Gasteiger partial charge in [-0.05, 0) is 24.0 Å². The third-order valence-electron chi connectivity index (χ3n) is 6.01. The summed E-state index contributed by atoms with van der Waals surface area (Å²) in [4.78, 5) is 8.79. The van der Waals surface area contributed by atoms with Gasteiger partial charge in [0.15, 0.2) is 5.65 Å². The lowest BCUT2D eigenvalue weighted by Crippen LogP contribution is -2.52. The number of nitriles is 1. The first-order chi connectivity index (χ1) is 13.1. The first kappa shape index (κ1) is 16.0. The van der Waals surface area contributed by atoms with E-state index in [0.717, 1.165) is 42.5 Å². The van der Waals surface area contributed by atoms with Gasteiger partial charge in [-0.2, -0.15) is 5.26 Å². The topological polar surface area (TPSA) is 104 Å². The van der Waals surface area contributed by atoms with Crippen molar-refractivity contribution in [1.29, 1.82) is 5.26 Å². The number of nitrogens with zero attached hydrogens (tertiary/aromatic N) is 6. The number of pyridine rings is 1. The Morgan fingerprint density at radius 2 is 2.15 bits per heavy atom. The van der Waals surface area contributed by atoms with Crippen molar-refractivity contribution >= 4 is 17.3 Å². The Balaban J connectivity index is 1.42. The SMILES string of the molecule is CC1(C)[C@@H](c2nnc3cnc4c(n23)CCN4)C[C@H]1Nc1ccc(C#N)cn1. The van der Waals surface area contributed by atoms with Crippen LogP contribution in [0.5, 0.6) is 0 Å². The predicted molar refractivity (Wildman–Crippen MR) is 100 cm³/mol. The highest BCUT2D eigenvalue weighted by Gasteiger charge is 2.51. The number of fused-ring (bicyclic) bond motifs is 3. The van der Waals surface area contributed by atoms with Crippen molar-refractivity contribution in [2.75, 3.05) is 17.2 Å². The molecule has 1 aliphatic heterocycles. The molecule has 0 bridgehead atoms. The molecule has 1 fully saturated rings. The maximum atomic E-state index is 8.91. The van der Waals surface area contributed by atoms with E-state index >= 15 is 0 Å². The smallest absolute Gasteiger partial charge is 0.179 e. The standard InChI is InChI=1S/C19H20N8/c1-19(2)12(7-14(19)24-15-4-3-11(8-20)9-22-15)18-26-25-16-10-23-17-13(27(16)18)5-6-21-17/h3-4,9-10,12,14,21H,5-7H2,1-2H3,(H,22,24)/t12-,14-/m1/s1. The van der Waals surface area contributed by atoms with E-state index in [4.69, 9.17) is 5.26 Å². The van der Waals surface area contributed by atoms with Crippen molar-refractivity contribution in [3.8, 4) is 6.07 Å². The van der Waals surface area contributed by atoms with Gasteiger partial charge in [0.1, 0.15) is 23.5 Å². The van der Waals surface area contributed by atoms with Crippen molar-refractivity contribution in [2.45, 2.75) is 38.6 Å². The summed E-state index contributed by atoms with van der Waals surface area (Å²) in [6.45, 7) is 5.41. The molecule has 3 aromatic heterocycles. The Labute approximate surface area is 156 Å². The normalized spacial score (nSPS) is 22.6. The van der Waals surface area contributed by atoms with E-state index in [2.05, 4.69) is 55.1 Å². The van der Waals surface area contributed by atoms with Gasteiger partial charge in [0.25, 0.3) is 0 Å². The highest BCUT2D eigenvalue weighted by Crippen LogP contribution is 2.53. The number of hydrogen-bond donors (Lipinski definition) is 2. The lowest BCUT2D eigenvalue weighted by atomic mass is 9.58. The molecule has 0 saturated heterocycles. The average molecular weight is 360 g/mol. The molecule has 4 heterocycles. The van der Waals surface area contributed by atoms with Crippen LogP contribution in [0.4, 0.5) is 11.6 Å². The van der Waals surface area contributed by atoms with E-state index in [0.29, 0.717) is 11.5 Å². The van der Waals surface area contributed by atoms with Crippen LogP contribution in [0.2, 0.25) is 0 Å². The van der Waals surface area contributed by atoms with Crippen LogP contribution >= 0.6 is 0 Å². The summed E-state index contributed by atoms with van der Waals surface area (Å²) in [5, 5.41) is 24.6. The van der Waals surface area contributed by atoms with Crippen LogP contribution in [0.3, 0.4) is 0 Å². The summed E-state index contributed by atoms with van der Waals surface area (Å²) >= 11 is 0. The molecule has 2 atom stereocenters. The van der Waals surface area contributed by atoms with Crippen LogP contribution in [0.15, 0.2) is 24.5 Å². The molecule has 1 saturated carbocycles. The predicted octanol–water partition coefficient (Wildman–Crippen LogP) is 2.35. The van der Waals surface area contributed by atoms with Crippen LogP contribution in [-0.2, 0) is 6.42 Å². The van der Waals surface area contributed by atoms with Crippen LogP contribution in [0.25, 0.3) is 5.65 Å². The van der Waals surface area contributed by atoms with E-state index in [1.165, 1.54) is 5.69 Å². The van der Waals surface area contributed by atoms with Gasteiger partial charge in [0, 0.05) is 31.1 Å². The molecule has 27 heavy (non-hydrogen) atoms. The summed E-state index contributed by atoms with van der Waals surface area (Å²) < 4.78 is 2.19. The van der Waals surface area contributed by atoms with Gasteiger partial charge in [-0.25, -0.2) is 9.97 Å². The lowest BCUT2D eigenvalue weighted by molar-refractivity contribution is 0.105. The van der Waals surface area contributed by atoms with Crippen LogP contribution in [0, 0.1) is 16.7 Å². The van der Waals surface area contributed by atoms with Crippen molar-refractivity contribution < 1.29 is 0 Å². The molecule has 1 aliphatic carbocycles. The molecule has 3 aromatic rings. The average Bonchev–Trinajstić information content (AvgIpc) is 3.31. The first-order valence-electron chi connectivity index (χ1n) is 9.17. The largest absolute Gasteiger partial charge is 0.368 e. The van der Waals surface area contributed by atoms with Crippen molar-refractivity contribution in [2.24, 2.45) is 5.41 Å². The summed E-state index contributed by atoms with van der Waals surface area (Å²) in [6.07, 6.45) is 5.28. The van der Waals surface area contributed by atoms with Gasteiger partial charge in [-0.3, -0.25) is 4.40 Å². The Morgan fingerprint density at radius 3 is 2.89 bits per heavy atom. The zero-order chi connectivity index (χ0) is 18.6. The monoisotopic (exact) mass is 360 g/mol. The Bertz CT molecular complexity index is 1060. The Kier molecular flexibility index (Phi) is 3.34. The maximum Gasteiger partial charge on any atom is 0.179 e. The molecule has 136 valence electrons. The third kappa shape index (κ3) is 2.35.